The molecule has 0 aliphatic rings. The highest BCUT2D eigenvalue weighted by Crippen LogP contribution is 2.29. The van der Waals surface area contributed by atoms with Crippen molar-refractivity contribution < 1.29 is 9.47 Å². The summed E-state index contributed by atoms with van der Waals surface area (Å²) in [5.41, 5.74) is 3.55. The van der Waals surface area contributed by atoms with Crippen molar-refractivity contribution in [2.24, 2.45) is 7.05 Å². The molecule has 158 valence electrons. The fourth-order valence-electron chi connectivity index (χ4n) is 3.24. The second-order valence-electron chi connectivity index (χ2n) is 6.88. The van der Waals surface area contributed by atoms with E-state index < -0.39 is 0 Å². The first-order valence-electron chi connectivity index (χ1n) is 9.48. The Balaban J connectivity index is 1.64. The fourth-order valence-corrected chi connectivity index (χ4v) is 3.40. The molecule has 0 atom stereocenters. The molecule has 0 N–H and O–H groups in total. The Morgan fingerprint density at radius 3 is 2.58 bits per heavy atom. The van der Waals surface area contributed by atoms with Crippen LogP contribution in [0.2, 0.25) is 5.02 Å². The number of aromatic nitrogens is 5. The molecule has 0 radical (unpaired) electrons. The van der Waals surface area contributed by atoms with Crippen molar-refractivity contribution in [2.75, 3.05) is 7.11 Å². The van der Waals surface area contributed by atoms with E-state index in [9.17, 15) is 4.79 Å². The molecule has 2 heterocycles. The van der Waals surface area contributed by atoms with Crippen LogP contribution in [-0.2, 0) is 13.7 Å². The van der Waals surface area contributed by atoms with Gasteiger partial charge in [0.05, 0.1) is 24.1 Å². The number of hydrogen-bond donors (Lipinski definition) is 0. The van der Waals surface area contributed by atoms with Crippen molar-refractivity contribution >= 4 is 11.6 Å². The molecule has 9 heteroatoms. The zero-order valence-corrected chi connectivity index (χ0v) is 18.0. The molecule has 4 rings (SSSR count). The molecule has 8 nitrogen and oxygen atoms in total. The summed E-state index contributed by atoms with van der Waals surface area (Å²) in [6.07, 6.45) is 1.68. The van der Waals surface area contributed by atoms with E-state index in [4.69, 9.17) is 21.1 Å². The predicted molar refractivity (Wildman–Crippen MR) is 117 cm³/mol. The average Bonchev–Trinajstić information content (AvgIpc) is 3.10. The predicted octanol–water partition coefficient (Wildman–Crippen LogP) is 3.58. The topological polar surface area (TPSA) is 84.1 Å². The maximum absolute atomic E-state index is 12.3. The van der Waals surface area contributed by atoms with Crippen LogP contribution in [0.1, 0.15) is 11.1 Å². The fraction of sp³-hybridized carbons (Fsp3) is 0.182. The highest BCUT2D eigenvalue weighted by molar-refractivity contribution is 6.30. The van der Waals surface area contributed by atoms with Gasteiger partial charge < -0.3 is 9.47 Å². The van der Waals surface area contributed by atoms with E-state index >= 15 is 0 Å². The Labute approximate surface area is 183 Å². The molecule has 0 fully saturated rings. The Morgan fingerprint density at radius 1 is 1.06 bits per heavy atom. The number of pyridine rings is 1. The maximum atomic E-state index is 12.3. The average molecular weight is 438 g/mol. The summed E-state index contributed by atoms with van der Waals surface area (Å²) in [6, 6.07) is 14.7. The van der Waals surface area contributed by atoms with Gasteiger partial charge in [0, 0.05) is 23.8 Å². The van der Waals surface area contributed by atoms with E-state index in [0.29, 0.717) is 27.8 Å². The van der Waals surface area contributed by atoms with Gasteiger partial charge in [0.2, 0.25) is 0 Å². The van der Waals surface area contributed by atoms with Crippen LogP contribution < -0.4 is 15.2 Å². The van der Waals surface area contributed by atoms with Gasteiger partial charge in [-0.15, -0.1) is 0 Å². The molecule has 0 aliphatic carbocycles. The molecule has 4 aromatic rings. The molecule has 2 aromatic heterocycles. The van der Waals surface area contributed by atoms with Crippen LogP contribution in [0.3, 0.4) is 0 Å². The van der Waals surface area contributed by atoms with Crippen molar-refractivity contribution in [2.45, 2.75) is 13.5 Å². The Hall–Kier alpha value is -3.65. The lowest BCUT2D eigenvalue weighted by molar-refractivity contribution is 0.294. The molecule has 0 unspecified atom stereocenters. The summed E-state index contributed by atoms with van der Waals surface area (Å²) in [4.78, 5) is 16.7. The standard InChI is InChI=1S/C22H20ClN5O3/c1-14-11-15(18-12-16(23)9-10-24-18)7-8-20(14)31-13-17-19(5-4-6-21(17)30-3)28-22(29)27(2)25-26-28/h4-12H,13H2,1-3H3. The van der Waals surface area contributed by atoms with E-state index in [1.54, 1.807) is 38.6 Å². The van der Waals surface area contributed by atoms with Gasteiger partial charge in [-0.1, -0.05) is 17.7 Å². The van der Waals surface area contributed by atoms with Crippen LogP contribution in [0, 0.1) is 6.92 Å². The molecule has 0 amide bonds. The minimum atomic E-state index is -0.357. The van der Waals surface area contributed by atoms with Gasteiger partial charge in [0.1, 0.15) is 18.1 Å². The quantitative estimate of drug-likeness (QED) is 0.458. The number of ether oxygens (including phenoxy) is 2. The smallest absolute Gasteiger partial charge is 0.368 e. The number of rotatable bonds is 6. The van der Waals surface area contributed by atoms with E-state index in [1.807, 2.05) is 37.3 Å². The molecule has 0 bridgehead atoms. The van der Waals surface area contributed by atoms with Gasteiger partial charge in [-0.05, 0) is 65.4 Å². The van der Waals surface area contributed by atoms with Gasteiger partial charge in [0.25, 0.3) is 0 Å². The van der Waals surface area contributed by atoms with E-state index in [-0.39, 0.29) is 12.3 Å². The highest BCUT2D eigenvalue weighted by atomic mass is 35.5. The molecule has 0 saturated heterocycles. The lowest BCUT2D eigenvalue weighted by Crippen LogP contribution is -2.23. The summed E-state index contributed by atoms with van der Waals surface area (Å²) < 4.78 is 14.0. The van der Waals surface area contributed by atoms with E-state index in [1.165, 1.54) is 4.68 Å². The van der Waals surface area contributed by atoms with E-state index in [2.05, 4.69) is 15.4 Å². The summed E-state index contributed by atoms with van der Waals surface area (Å²) in [5, 5.41) is 8.35. The van der Waals surface area contributed by atoms with E-state index in [0.717, 1.165) is 21.5 Å². The van der Waals surface area contributed by atoms with Crippen molar-refractivity contribution in [3.8, 4) is 28.4 Å². The first-order chi connectivity index (χ1) is 15.0. The molecule has 2 aromatic carbocycles. The summed E-state index contributed by atoms with van der Waals surface area (Å²) in [7, 11) is 3.11. The molecular formula is C22H20ClN5O3. The Morgan fingerprint density at radius 2 is 1.90 bits per heavy atom. The van der Waals surface area contributed by atoms with Crippen LogP contribution in [0.25, 0.3) is 16.9 Å². The Bertz CT molecular complexity index is 1300. The van der Waals surface area contributed by atoms with Crippen LogP contribution >= 0.6 is 11.6 Å². The minimum absolute atomic E-state index is 0.179. The summed E-state index contributed by atoms with van der Waals surface area (Å²) in [5.74, 6) is 1.29. The van der Waals surface area contributed by atoms with Gasteiger partial charge in [0.15, 0.2) is 0 Å². The SMILES string of the molecule is COc1cccc(-n2nnn(C)c2=O)c1COc1ccc(-c2cc(Cl)ccn2)cc1C. The Kier molecular flexibility index (Phi) is 5.73. The largest absolute Gasteiger partial charge is 0.496 e. The molecular weight excluding hydrogens is 418 g/mol. The lowest BCUT2D eigenvalue weighted by atomic mass is 10.1. The normalized spacial score (nSPS) is 10.8. The monoisotopic (exact) mass is 437 g/mol. The first-order valence-corrected chi connectivity index (χ1v) is 9.86. The van der Waals surface area contributed by atoms with Crippen LogP contribution in [-0.4, -0.2) is 31.9 Å². The number of methoxy groups -OCH3 is 1. The molecule has 31 heavy (non-hydrogen) atoms. The number of aryl methyl sites for hydroxylation is 2. The lowest BCUT2D eigenvalue weighted by Gasteiger charge is -2.15. The first kappa shape index (κ1) is 20.6. The second kappa shape index (κ2) is 8.61. The second-order valence-corrected chi connectivity index (χ2v) is 7.32. The van der Waals surface area contributed by atoms with Crippen molar-refractivity contribution in [3.63, 3.8) is 0 Å². The van der Waals surface area contributed by atoms with Gasteiger partial charge >= 0.3 is 5.69 Å². The minimum Gasteiger partial charge on any atom is -0.496 e. The zero-order valence-electron chi connectivity index (χ0n) is 17.2. The number of hydrogen-bond acceptors (Lipinski definition) is 6. The third kappa shape index (κ3) is 4.15. The maximum Gasteiger partial charge on any atom is 0.368 e. The van der Waals surface area contributed by atoms with Gasteiger partial charge in [-0.25, -0.2) is 4.79 Å². The third-order valence-electron chi connectivity index (χ3n) is 4.84. The van der Waals surface area contributed by atoms with Crippen LogP contribution in [0.5, 0.6) is 11.5 Å². The molecule has 0 aliphatic heterocycles. The van der Waals surface area contributed by atoms with Crippen molar-refractivity contribution in [1.29, 1.82) is 0 Å². The van der Waals surface area contributed by atoms with Crippen LogP contribution in [0.4, 0.5) is 0 Å². The highest BCUT2D eigenvalue weighted by Gasteiger charge is 2.16. The van der Waals surface area contributed by atoms with Crippen molar-refractivity contribution in [1.82, 2.24) is 24.8 Å². The van der Waals surface area contributed by atoms with Crippen molar-refractivity contribution in [3.05, 3.63) is 81.4 Å². The van der Waals surface area contributed by atoms with Crippen LogP contribution in [0.15, 0.2) is 59.5 Å². The molecule has 0 spiro atoms. The number of tetrazole rings is 1. The zero-order chi connectivity index (χ0) is 22.0. The summed E-state index contributed by atoms with van der Waals surface area (Å²) >= 11 is 6.08. The summed E-state index contributed by atoms with van der Waals surface area (Å²) in [6.45, 7) is 2.14. The number of nitrogens with zero attached hydrogens (tertiary/aromatic N) is 5. The third-order valence-corrected chi connectivity index (χ3v) is 5.08. The van der Waals surface area contributed by atoms with Gasteiger partial charge in [-0.3, -0.25) is 4.98 Å². The number of halogens is 1. The molecule has 0 saturated carbocycles. The van der Waals surface area contributed by atoms with Gasteiger partial charge in [-0.2, -0.15) is 9.36 Å². The number of benzene rings is 2.